The van der Waals surface area contributed by atoms with Crippen LogP contribution in [-0.2, 0) is 19.5 Å². The Morgan fingerprint density at radius 3 is 2.72 bits per heavy atom. The van der Waals surface area contributed by atoms with Gasteiger partial charge in [0.1, 0.15) is 5.56 Å². The predicted octanol–water partition coefficient (Wildman–Crippen LogP) is 3.17. The van der Waals surface area contributed by atoms with Gasteiger partial charge in [0.25, 0.3) is 11.5 Å². The minimum Gasteiger partial charge on any atom is -0.334 e. The third-order valence-electron chi connectivity index (χ3n) is 6.08. The molecule has 0 saturated carbocycles. The number of halogens is 1. The average Bonchev–Trinajstić information content (AvgIpc) is 2.93. The zero-order valence-electron chi connectivity index (χ0n) is 17.0. The van der Waals surface area contributed by atoms with Crippen molar-refractivity contribution in [3.63, 3.8) is 0 Å². The normalized spacial score (nSPS) is 19.1. The summed E-state index contributed by atoms with van der Waals surface area (Å²) in [5.41, 5.74) is 3.46. The molecule has 1 amide bonds. The molecular weight excluding hydrogens is 386 g/mol. The van der Waals surface area contributed by atoms with Gasteiger partial charge in [-0.2, -0.15) is 0 Å². The first kappa shape index (κ1) is 21.6. The molecule has 2 aromatic rings. The molecular formula is C23H30ClN3O2. The number of nitrogens with one attached hydrogen (secondary N) is 1. The summed E-state index contributed by atoms with van der Waals surface area (Å²) in [5, 5.41) is 3.40. The van der Waals surface area contributed by atoms with Gasteiger partial charge in [0.15, 0.2) is 0 Å². The van der Waals surface area contributed by atoms with E-state index in [0.717, 1.165) is 44.3 Å². The third kappa shape index (κ3) is 4.73. The van der Waals surface area contributed by atoms with Crippen LogP contribution in [0.15, 0.2) is 41.3 Å². The first-order valence-electron chi connectivity index (χ1n) is 10.4. The van der Waals surface area contributed by atoms with Gasteiger partial charge in [0, 0.05) is 25.8 Å². The number of piperidine rings is 1. The van der Waals surface area contributed by atoms with Gasteiger partial charge in [-0.15, -0.1) is 12.4 Å². The van der Waals surface area contributed by atoms with Gasteiger partial charge in [-0.25, -0.2) is 0 Å². The van der Waals surface area contributed by atoms with Gasteiger partial charge in [0.05, 0.1) is 0 Å². The lowest BCUT2D eigenvalue weighted by Crippen LogP contribution is -2.39. The first-order valence-corrected chi connectivity index (χ1v) is 10.4. The number of nitrogens with zero attached hydrogens (tertiary/aromatic N) is 2. The predicted molar refractivity (Wildman–Crippen MR) is 118 cm³/mol. The monoisotopic (exact) mass is 415 g/mol. The van der Waals surface area contributed by atoms with Crippen molar-refractivity contribution in [1.82, 2.24) is 14.8 Å². The van der Waals surface area contributed by atoms with Crippen molar-refractivity contribution in [2.24, 2.45) is 5.92 Å². The van der Waals surface area contributed by atoms with Crippen molar-refractivity contribution in [1.29, 1.82) is 0 Å². The Balaban J connectivity index is 0.00000240. The number of fused-ring (bicyclic) bond motifs is 1. The van der Waals surface area contributed by atoms with Crippen LogP contribution in [-0.4, -0.2) is 35.0 Å². The molecule has 3 heterocycles. The van der Waals surface area contributed by atoms with Crippen LogP contribution in [0.1, 0.15) is 46.3 Å². The van der Waals surface area contributed by atoms with Crippen LogP contribution >= 0.6 is 12.4 Å². The number of carbonyl (C=O) groups is 1. The molecule has 1 aromatic heterocycles. The van der Waals surface area contributed by atoms with Crippen molar-refractivity contribution in [2.45, 2.75) is 45.7 Å². The van der Waals surface area contributed by atoms with E-state index in [2.05, 4.69) is 23.5 Å². The van der Waals surface area contributed by atoms with E-state index in [0.29, 0.717) is 31.1 Å². The zero-order valence-corrected chi connectivity index (χ0v) is 17.8. The lowest BCUT2D eigenvalue weighted by Gasteiger charge is -2.25. The molecule has 1 saturated heterocycles. The van der Waals surface area contributed by atoms with Crippen molar-refractivity contribution in [3.8, 4) is 0 Å². The molecule has 1 aromatic carbocycles. The fourth-order valence-electron chi connectivity index (χ4n) is 4.46. The van der Waals surface area contributed by atoms with Crippen molar-refractivity contribution >= 4 is 18.3 Å². The largest absolute Gasteiger partial charge is 0.334 e. The van der Waals surface area contributed by atoms with Gasteiger partial charge >= 0.3 is 0 Å². The molecule has 6 heteroatoms. The molecule has 0 bridgehead atoms. The number of benzene rings is 1. The highest BCUT2D eigenvalue weighted by Crippen LogP contribution is 2.20. The smallest absolute Gasteiger partial charge is 0.263 e. The zero-order chi connectivity index (χ0) is 19.5. The highest BCUT2D eigenvalue weighted by atomic mass is 35.5. The quantitative estimate of drug-likeness (QED) is 0.837. The van der Waals surface area contributed by atoms with Crippen molar-refractivity contribution in [2.75, 3.05) is 19.6 Å². The van der Waals surface area contributed by atoms with Crippen LogP contribution in [0.2, 0.25) is 0 Å². The molecule has 2 aliphatic rings. The summed E-state index contributed by atoms with van der Waals surface area (Å²) < 4.78 is 1.74. The summed E-state index contributed by atoms with van der Waals surface area (Å²) in [5.74, 6) is 0.317. The van der Waals surface area contributed by atoms with Crippen molar-refractivity contribution < 1.29 is 4.79 Å². The highest BCUT2D eigenvalue weighted by Gasteiger charge is 2.25. The number of amides is 1. The van der Waals surface area contributed by atoms with Gasteiger partial charge in [-0.1, -0.05) is 24.3 Å². The maximum Gasteiger partial charge on any atom is 0.263 e. The molecule has 1 atom stereocenters. The number of rotatable bonds is 3. The maximum atomic E-state index is 13.3. The molecule has 5 nitrogen and oxygen atoms in total. The first-order chi connectivity index (χ1) is 13.6. The van der Waals surface area contributed by atoms with E-state index in [4.69, 9.17) is 0 Å². The Bertz CT molecular complexity index is 919. The molecule has 0 radical (unpaired) electrons. The van der Waals surface area contributed by atoms with E-state index in [-0.39, 0.29) is 23.9 Å². The SMILES string of the molecule is Cc1ccn(CC2CCCNC2)c(=O)c1C(=O)N1CCCc2ccccc2C1.Cl. The summed E-state index contributed by atoms with van der Waals surface area (Å²) in [4.78, 5) is 28.4. The summed E-state index contributed by atoms with van der Waals surface area (Å²) in [7, 11) is 0. The Morgan fingerprint density at radius 2 is 1.97 bits per heavy atom. The van der Waals surface area contributed by atoms with E-state index in [1.165, 1.54) is 11.1 Å². The van der Waals surface area contributed by atoms with Gasteiger partial charge < -0.3 is 14.8 Å². The molecule has 1 fully saturated rings. The summed E-state index contributed by atoms with van der Waals surface area (Å²) in [6.45, 7) is 5.80. The van der Waals surface area contributed by atoms with Gasteiger partial charge in [-0.05, 0) is 74.4 Å². The van der Waals surface area contributed by atoms with Crippen LogP contribution in [0, 0.1) is 12.8 Å². The number of hydrogen-bond acceptors (Lipinski definition) is 3. The standard InChI is InChI=1S/C23H29N3O2.ClH/c1-17-10-13-26(15-18-6-4-11-24-14-18)23(28)21(17)22(27)25-12-5-9-19-7-2-3-8-20(19)16-25;/h2-3,7-8,10,13,18,24H,4-6,9,11-12,14-16H2,1H3;1H. The van der Waals surface area contributed by atoms with Crippen LogP contribution in [0.25, 0.3) is 0 Å². The van der Waals surface area contributed by atoms with Crippen LogP contribution in [0.5, 0.6) is 0 Å². The van der Waals surface area contributed by atoms with Crippen LogP contribution < -0.4 is 10.9 Å². The second-order valence-corrected chi connectivity index (χ2v) is 8.14. The number of pyridine rings is 1. The Labute approximate surface area is 178 Å². The molecule has 2 aliphatic heterocycles. The number of aryl methyl sites for hydroxylation is 2. The van der Waals surface area contributed by atoms with E-state index < -0.39 is 0 Å². The molecule has 1 N–H and O–H groups in total. The Hall–Kier alpha value is -2.11. The van der Waals surface area contributed by atoms with Gasteiger partial charge in [-0.3, -0.25) is 9.59 Å². The fourth-order valence-corrected chi connectivity index (χ4v) is 4.46. The molecule has 0 aliphatic carbocycles. The Morgan fingerprint density at radius 1 is 1.17 bits per heavy atom. The number of carbonyl (C=O) groups excluding carboxylic acids is 1. The molecule has 4 rings (SSSR count). The van der Waals surface area contributed by atoms with Crippen molar-refractivity contribution in [3.05, 3.63) is 69.1 Å². The second kappa shape index (κ2) is 9.59. The molecule has 156 valence electrons. The molecule has 1 unspecified atom stereocenters. The minimum atomic E-state index is -0.145. The highest BCUT2D eigenvalue weighted by molar-refractivity contribution is 5.95. The van der Waals surface area contributed by atoms with E-state index in [9.17, 15) is 9.59 Å². The van der Waals surface area contributed by atoms with E-state index in [1.807, 2.05) is 30.2 Å². The minimum absolute atomic E-state index is 0. The average molecular weight is 416 g/mol. The number of aromatic nitrogens is 1. The second-order valence-electron chi connectivity index (χ2n) is 8.14. The topological polar surface area (TPSA) is 54.3 Å². The summed E-state index contributed by atoms with van der Waals surface area (Å²) >= 11 is 0. The molecule has 0 spiro atoms. The lowest BCUT2D eigenvalue weighted by atomic mass is 9.99. The summed E-state index contributed by atoms with van der Waals surface area (Å²) in [6.07, 6.45) is 6.02. The van der Waals surface area contributed by atoms with E-state index >= 15 is 0 Å². The fraction of sp³-hybridized carbons (Fsp3) is 0.478. The van der Waals surface area contributed by atoms with E-state index in [1.54, 1.807) is 4.57 Å². The van der Waals surface area contributed by atoms with Crippen LogP contribution in [0.4, 0.5) is 0 Å². The van der Waals surface area contributed by atoms with Crippen LogP contribution in [0.3, 0.4) is 0 Å². The maximum absolute atomic E-state index is 13.3. The Kier molecular flexibility index (Phi) is 7.14. The third-order valence-corrected chi connectivity index (χ3v) is 6.08. The number of hydrogen-bond donors (Lipinski definition) is 1. The van der Waals surface area contributed by atoms with Gasteiger partial charge in [0.2, 0.25) is 0 Å². The molecule has 29 heavy (non-hydrogen) atoms. The summed E-state index contributed by atoms with van der Waals surface area (Å²) in [6, 6.07) is 10.2. The lowest BCUT2D eigenvalue weighted by molar-refractivity contribution is 0.0742.